The SMILES string of the molecule is C=CCOC(=O)C1(NC(=O)C2=CNC3N(c4cc(Cl)cc(Cl)c4)C(=O)[C@@](C)(Cc4ccc(Cl)cc4)N23)CC1. The van der Waals surface area contributed by atoms with Crippen LogP contribution in [0.4, 0.5) is 5.69 Å². The minimum atomic E-state index is -1.18. The summed E-state index contributed by atoms with van der Waals surface area (Å²) in [6.07, 6.45) is 3.51. The standard InChI is InChI=1S/C27H25Cl3N4O4/c1-3-10-38-24(37)27(8-9-27)32-22(35)21-15-31-25-33(20-12-18(29)11-19(30)13-20)23(36)26(2,34(21)25)14-16-4-6-17(28)7-5-16/h3-7,11-13,15,25,31H,1,8-10,14H2,2H3,(H,32,35)/t25?,26-/m1/s1. The molecule has 11 heteroatoms. The number of ether oxygens (including phenoxy) is 1. The zero-order chi connectivity index (χ0) is 27.2. The third-order valence-corrected chi connectivity index (χ3v) is 7.66. The lowest BCUT2D eigenvalue weighted by atomic mass is 9.90. The quantitative estimate of drug-likeness (QED) is 0.358. The van der Waals surface area contributed by atoms with Gasteiger partial charge in [0.25, 0.3) is 11.8 Å². The van der Waals surface area contributed by atoms with Crippen molar-refractivity contribution in [2.45, 2.75) is 43.6 Å². The summed E-state index contributed by atoms with van der Waals surface area (Å²) in [7, 11) is 0. The molecular weight excluding hydrogens is 551 g/mol. The smallest absolute Gasteiger partial charge is 0.332 e. The number of hydrogen-bond acceptors (Lipinski definition) is 6. The van der Waals surface area contributed by atoms with Crippen LogP contribution in [0.15, 0.2) is 67.0 Å². The number of carbonyl (C=O) groups excluding carboxylic acids is 3. The Hall–Kier alpha value is -3.20. The van der Waals surface area contributed by atoms with Crippen LogP contribution in [0, 0.1) is 0 Å². The average molecular weight is 576 g/mol. The van der Waals surface area contributed by atoms with E-state index in [1.54, 1.807) is 48.4 Å². The van der Waals surface area contributed by atoms with Crippen LogP contribution >= 0.6 is 34.8 Å². The molecule has 2 atom stereocenters. The van der Waals surface area contributed by atoms with Crippen molar-refractivity contribution in [3.63, 3.8) is 0 Å². The van der Waals surface area contributed by atoms with Gasteiger partial charge < -0.3 is 20.3 Å². The molecule has 2 aromatic carbocycles. The zero-order valence-electron chi connectivity index (χ0n) is 20.5. The molecule has 3 aliphatic rings. The molecule has 5 rings (SSSR count). The van der Waals surface area contributed by atoms with E-state index >= 15 is 0 Å². The lowest BCUT2D eigenvalue weighted by molar-refractivity contribution is -0.148. The van der Waals surface area contributed by atoms with Crippen LogP contribution in [0.5, 0.6) is 0 Å². The van der Waals surface area contributed by atoms with Gasteiger partial charge in [-0.25, -0.2) is 4.79 Å². The summed E-state index contributed by atoms with van der Waals surface area (Å²) in [5, 5.41) is 7.32. The third-order valence-electron chi connectivity index (χ3n) is 6.97. The number of nitrogens with one attached hydrogen (secondary N) is 2. The maximum Gasteiger partial charge on any atom is 0.332 e. The van der Waals surface area contributed by atoms with Gasteiger partial charge in [-0.2, -0.15) is 0 Å². The van der Waals surface area contributed by atoms with Crippen LogP contribution in [0.1, 0.15) is 25.3 Å². The number of halogens is 3. The number of benzene rings is 2. The van der Waals surface area contributed by atoms with Crippen LogP contribution in [0.2, 0.25) is 15.1 Å². The maximum absolute atomic E-state index is 14.1. The summed E-state index contributed by atoms with van der Waals surface area (Å²) in [5.41, 5.74) is -0.710. The topological polar surface area (TPSA) is 91.0 Å². The summed E-state index contributed by atoms with van der Waals surface area (Å²) < 4.78 is 5.19. The molecule has 2 aromatic rings. The Bertz CT molecular complexity index is 1340. The van der Waals surface area contributed by atoms with Gasteiger partial charge in [0.1, 0.15) is 23.4 Å². The minimum Gasteiger partial charge on any atom is -0.460 e. The van der Waals surface area contributed by atoms with Gasteiger partial charge in [-0.3, -0.25) is 14.5 Å². The molecule has 1 unspecified atom stereocenters. The van der Waals surface area contributed by atoms with Gasteiger partial charge in [-0.05, 0) is 55.7 Å². The van der Waals surface area contributed by atoms with Crippen molar-refractivity contribution in [2.75, 3.05) is 11.5 Å². The van der Waals surface area contributed by atoms with E-state index in [-0.39, 0.29) is 24.6 Å². The highest BCUT2D eigenvalue weighted by Gasteiger charge is 2.60. The van der Waals surface area contributed by atoms with E-state index in [0.29, 0.717) is 33.6 Å². The number of amides is 2. The molecule has 8 nitrogen and oxygen atoms in total. The predicted octanol–water partition coefficient (Wildman–Crippen LogP) is 4.40. The Labute approximate surface area is 235 Å². The molecule has 0 radical (unpaired) electrons. The van der Waals surface area contributed by atoms with E-state index in [1.807, 2.05) is 12.1 Å². The first-order chi connectivity index (χ1) is 18.1. The van der Waals surface area contributed by atoms with E-state index in [0.717, 1.165) is 5.56 Å². The molecule has 38 heavy (non-hydrogen) atoms. The fourth-order valence-corrected chi connectivity index (χ4v) is 5.60. The molecule has 1 saturated heterocycles. The van der Waals surface area contributed by atoms with Crippen molar-refractivity contribution in [3.05, 3.63) is 87.6 Å². The predicted molar refractivity (Wildman–Crippen MR) is 146 cm³/mol. The molecule has 2 fully saturated rings. The second-order valence-corrected chi connectivity index (χ2v) is 11.1. The van der Waals surface area contributed by atoms with Crippen molar-refractivity contribution in [1.82, 2.24) is 15.5 Å². The number of esters is 1. The van der Waals surface area contributed by atoms with Gasteiger partial charge in [0.15, 0.2) is 6.29 Å². The summed E-state index contributed by atoms with van der Waals surface area (Å²) in [4.78, 5) is 43.6. The second-order valence-electron chi connectivity index (χ2n) is 9.74. The number of hydrogen-bond donors (Lipinski definition) is 2. The number of anilines is 1. The van der Waals surface area contributed by atoms with E-state index in [9.17, 15) is 14.4 Å². The highest BCUT2D eigenvalue weighted by atomic mass is 35.5. The monoisotopic (exact) mass is 574 g/mol. The summed E-state index contributed by atoms with van der Waals surface area (Å²) >= 11 is 18.6. The van der Waals surface area contributed by atoms with Crippen LogP contribution in [-0.2, 0) is 25.5 Å². The molecule has 2 N–H and O–H groups in total. The van der Waals surface area contributed by atoms with Gasteiger partial charge in [0.05, 0.1) is 5.69 Å². The maximum atomic E-state index is 14.1. The van der Waals surface area contributed by atoms with Gasteiger partial charge in [0, 0.05) is 27.7 Å². The molecular formula is C27H25Cl3N4O4. The number of fused-ring (bicyclic) bond motifs is 1. The summed E-state index contributed by atoms with van der Waals surface area (Å²) in [5.74, 6) is -1.26. The molecule has 1 saturated carbocycles. The Morgan fingerprint density at radius 1 is 1.13 bits per heavy atom. The fourth-order valence-electron chi connectivity index (χ4n) is 4.96. The van der Waals surface area contributed by atoms with Gasteiger partial charge in [-0.15, -0.1) is 0 Å². The molecule has 1 aliphatic carbocycles. The molecule has 2 amide bonds. The molecule has 0 spiro atoms. The van der Waals surface area contributed by atoms with Crippen LogP contribution < -0.4 is 15.5 Å². The fraction of sp³-hybridized carbons (Fsp3) is 0.296. The molecule has 0 aromatic heterocycles. The first-order valence-electron chi connectivity index (χ1n) is 12.0. The number of rotatable bonds is 8. The Morgan fingerprint density at radius 2 is 1.79 bits per heavy atom. The summed E-state index contributed by atoms with van der Waals surface area (Å²) in [6, 6.07) is 12.1. The first kappa shape index (κ1) is 26.4. The van der Waals surface area contributed by atoms with Crippen molar-refractivity contribution in [2.24, 2.45) is 0 Å². The molecule has 2 heterocycles. The summed E-state index contributed by atoms with van der Waals surface area (Å²) in [6.45, 7) is 5.39. The normalized spacial score (nSPS) is 22.9. The van der Waals surface area contributed by atoms with Gasteiger partial charge in [-0.1, -0.05) is 59.6 Å². The molecule has 198 valence electrons. The van der Waals surface area contributed by atoms with Crippen LogP contribution in [-0.4, -0.2) is 46.7 Å². The third kappa shape index (κ3) is 4.61. The Balaban J connectivity index is 1.49. The van der Waals surface area contributed by atoms with E-state index in [4.69, 9.17) is 39.5 Å². The second kappa shape index (κ2) is 9.84. The van der Waals surface area contributed by atoms with Crippen molar-refractivity contribution < 1.29 is 19.1 Å². The highest BCUT2D eigenvalue weighted by Crippen LogP contribution is 2.43. The van der Waals surface area contributed by atoms with E-state index < -0.39 is 29.2 Å². The largest absolute Gasteiger partial charge is 0.460 e. The zero-order valence-corrected chi connectivity index (χ0v) is 22.7. The van der Waals surface area contributed by atoms with Crippen molar-refractivity contribution in [3.8, 4) is 0 Å². The Kier molecular flexibility index (Phi) is 6.84. The van der Waals surface area contributed by atoms with Crippen molar-refractivity contribution >= 4 is 58.3 Å². The van der Waals surface area contributed by atoms with Gasteiger partial charge in [0.2, 0.25) is 0 Å². The van der Waals surface area contributed by atoms with Crippen LogP contribution in [0.25, 0.3) is 0 Å². The average Bonchev–Trinajstić information content (AvgIpc) is 3.45. The number of carbonyl (C=O) groups is 3. The first-order valence-corrected chi connectivity index (χ1v) is 13.1. The van der Waals surface area contributed by atoms with E-state index in [2.05, 4.69) is 17.2 Å². The lowest BCUT2D eigenvalue weighted by Gasteiger charge is -2.34. The minimum absolute atomic E-state index is 0.0553. The van der Waals surface area contributed by atoms with E-state index in [1.165, 1.54) is 11.0 Å². The Morgan fingerprint density at radius 3 is 2.39 bits per heavy atom. The lowest BCUT2D eigenvalue weighted by Crippen LogP contribution is -2.53. The van der Waals surface area contributed by atoms with Crippen LogP contribution in [0.3, 0.4) is 0 Å². The highest BCUT2D eigenvalue weighted by molar-refractivity contribution is 6.35. The van der Waals surface area contributed by atoms with Crippen molar-refractivity contribution in [1.29, 1.82) is 0 Å². The van der Waals surface area contributed by atoms with Gasteiger partial charge >= 0.3 is 5.97 Å². The molecule has 2 aliphatic heterocycles. The molecule has 0 bridgehead atoms. The number of nitrogens with zero attached hydrogens (tertiary/aromatic N) is 2.